The van der Waals surface area contributed by atoms with Gasteiger partial charge in [-0.25, -0.2) is 8.78 Å². The van der Waals surface area contributed by atoms with Crippen molar-refractivity contribution in [1.82, 2.24) is 20.5 Å². The predicted molar refractivity (Wildman–Crippen MR) is 127 cm³/mol. The van der Waals surface area contributed by atoms with Crippen LogP contribution in [0.4, 0.5) is 14.5 Å². The Morgan fingerprint density at radius 2 is 2.14 bits per heavy atom. The molecule has 1 aromatic rings. The number of hydrogen-bond donors (Lipinski definition) is 3. The van der Waals surface area contributed by atoms with Gasteiger partial charge >= 0.3 is 0 Å². The summed E-state index contributed by atoms with van der Waals surface area (Å²) in [5, 5.41) is 18.3. The van der Waals surface area contributed by atoms with E-state index < -0.39 is 60.2 Å². The Morgan fingerprint density at radius 3 is 2.81 bits per heavy atom. The van der Waals surface area contributed by atoms with Gasteiger partial charge in [0.05, 0.1) is 28.9 Å². The zero-order valence-corrected chi connectivity index (χ0v) is 20.6. The van der Waals surface area contributed by atoms with Crippen LogP contribution < -0.4 is 16.0 Å². The molecule has 5 rings (SSSR count). The summed E-state index contributed by atoms with van der Waals surface area (Å²) >= 11 is 5.96. The lowest BCUT2D eigenvalue weighted by Gasteiger charge is -2.54. The predicted octanol–water partition coefficient (Wildman–Crippen LogP) is 2.47. The number of nitrogens with one attached hydrogen (secondary N) is 3. The molecule has 194 valence electrons. The van der Waals surface area contributed by atoms with Crippen LogP contribution in [0.3, 0.4) is 0 Å². The molecule has 4 fully saturated rings. The molecule has 3 N–H and O–H groups in total. The topological polar surface area (TPSA) is 127 Å². The second-order valence-corrected chi connectivity index (χ2v) is 10.2. The Morgan fingerprint density at radius 1 is 1.36 bits per heavy atom. The molecule has 1 aromatic heterocycles. The highest BCUT2D eigenvalue weighted by atomic mass is 35.5. The molecule has 0 spiro atoms. The molecule has 9 nitrogen and oxygen atoms in total. The highest BCUT2D eigenvalue weighted by molar-refractivity contribution is 6.30. The van der Waals surface area contributed by atoms with Gasteiger partial charge in [-0.2, -0.15) is 5.26 Å². The molecular formula is C24H29ClF2N6O3. The maximum atomic E-state index is 14.9. The lowest BCUT2D eigenvalue weighted by atomic mass is 9.71. The smallest absolute Gasteiger partial charge is 0.255 e. The summed E-state index contributed by atoms with van der Waals surface area (Å²) in [5.41, 5.74) is 0.479. The van der Waals surface area contributed by atoms with Gasteiger partial charge in [0.2, 0.25) is 17.7 Å². The van der Waals surface area contributed by atoms with Crippen molar-refractivity contribution in [2.24, 2.45) is 11.8 Å². The van der Waals surface area contributed by atoms with E-state index in [-0.39, 0.29) is 18.7 Å². The van der Waals surface area contributed by atoms with Crippen molar-refractivity contribution >= 4 is 35.0 Å². The summed E-state index contributed by atoms with van der Waals surface area (Å²) < 4.78 is 29.8. The zero-order chi connectivity index (χ0) is 26.0. The minimum Gasteiger partial charge on any atom is -0.373 e. The van der Waals surface area contributed by atoms with Crippen molar-refractivity contribution in [3.63, 3.8) is 0 Å². The van der Waals surface area contributed by atoms with E-state index in [9.17, 15) is 28.4 Å². The van der Waals surface area contributed by atoms with Crippen LogP contribution in [-0.4, -0.2) is 64.2 Å². The number of anilines is 1. The van der Waals surface area contributed by atoms with Crippen molar-refractivity contribution in [1.29, 1.82) is 5.26 Å². The highest BCUT2D eigenvalue weighted by Crippen LogP contribution is 2.49. The molecule has 3 aliphatic heterocycles. The number of alkyl halides is 2. The highest BCUT2D eigenvalue weighted by Gasteiger charge is 2.60. The van der Waals surface area contributed by atoms with E-state index >= 15 is 0 Å². The lowest BCUT2D eigenvalue weighted by Crippen LogP contribution is -2.70. The summed E-state index contributed by atoms with van der Waals surface area (Å²) in [6.07, 6.45) is 4.30. The first-order valence-corrected chi connectivity index (χ1v) is 12.5. The van der Waals surface area contributed by atoms with Crippen LogP contribution >= 0.6 is 11.6 Å². The number of nitriles is 1. The molecule has 0 radical (unpaired) electrons. The van der Waals surface area contributed by atoms with Gasteiger partial charge in [-0.15, -0.1) is 0 Å². The monoisotopic (exact) mass is 522 g/mol. The van der Waals surface area contributed by atoms with Crippen LogP contribution in [0.2, 0.25) is 5.02 Å². The molecule has 4 aliphatic rings. The molecule has 2 bridgehead atoms. The number of nitrogens with zero attached hydrogens (tertiary/aromatic N) is 3. The van der Waals surface area contributed by atoms with Gasteiger partial charge in [0.25, 0.3) is 5.92 Å². The van der Waals surface area contributed by atoms with Crippen LogP contribution in [0, 0.1) is 23.2 Å². The van der Waals surface area contributed by atoms with E-state index in [1.807, 2.05) is 6.07 Å². The molecule has 3 amide bonds. The fourth-order valence-electron chi connectivity index (χ4n) is 5.60. The largest absolute Gasteiger partial charge is 0.373 e. The number of pyridine rings is 1. The quantitative estimate of drug-likeness (QED) is 0.505. The van der Waals surface area contributed by atoms with Crippen LogP contribution in [0.15, 0.2) is 18.5 Å². The van der Waals surface area contributed by atoms with Crippen molar-refractivity contribution in [3.8, 4) is 6.07 Å². The van der Waals surface area contributed by atoms with Gasteiger partial charge in [0.15, 0.2) is 0 Å². The van der Waals surface area contributed by atoms with Gasteiger partial charge in [-0.05, 0) is 45.1 Å². The Hall–Kier alpha value is -3.00. The summed E-state index contributed by atoms with van der Waals surface area (Å²) in [5.74, 6) is -6.39. The fraction of sp³-hybridized carbons (Fsp3) is 0.625. The summed E-state index contributed by atoms with van der Waals surface area (Å²) in [4.78, 5) is 44.2. The molecule has 3 saturated heterocycles. The van der Waals surface area contributed by atoms with Gasteiger partial charge in [-0.3, -0.25) is 19.4 Å². The van der Waals surface area contributed by atoms with E-state index in [0.29, 0.717) is 30.1 Å². The molecule has 12 heteroatoms. The van der Waals surface area contributed by atoms with Crippen LogP contribution in [0.25, 0.3) is 0 Å². The van der Waals surface area contributed by atoms with E-state index in [0.717, 1.165) is 6.42 Å². The van der Waals surface area contributed by atoms with Crippen LogP contribution in [0.1, 0.15) is 45.4 Å². The van der Waals surface area contributed by atoms with Crippen molar-refractivity contribution in [3.05, 3.63) is 23.5 Å². The standard InChI is InChI=1S/C24H29ClF2N6O3/c1-13(31-17-8-15(25)11-29-12-17)23(36)33-18-4-5-19(24(26,27)9-18)20(33)22(35)32-16(10-28)7-14-3-2-6-30-21(14)34/h8,11-14,16,18-20,31H,2-7,9H2,1H3,(H,30,34)(H,32,35)/t13-,14+,16-,18-,19-,20+/m0/s1. The maximum absolute atomic E-state index is 14.9. The third-order valence-corrected chi connectivity index (χ3v) is 7.52. The fourth-order valence-corrected chi connectivity index (χ4v) is 5.77. The first kappa shape index (κ1) is 26.1. The van der Waals surface area contributed by atoms with Crippen LogP contribution in [-0.2, 0) is 14.4 Å². The minimum atomic E-state index is -3.11. The number of rotatable bonds is 7. The van der Waals surface area contributed by atoms with Gasteiger partial charge < -0.3 is 20.9 Å². The van der Waals surface area contributed by atoms with Gasteiger partial charge in [-0.1, -0.05) is 11.6 Å². The molecule has 1 saturated carbocycles. The molecule has 0 aromatic carbocycles. The molecular weight excluding hydrogens is 494 g/mol. The van der Waals surface area contributed by atoms with Crippen LogP contribution in [0.5, 0.6) is 0 Å². The number of fused-ring (bicyclic) bond motifs is 3. The van der Waals surface area contributed by atoms with E-state index in [1.165, 1.54) is 17.3 Å². The Labute approximate surface area is 212 Å². The SMILES string of the molecule is C[C@H](Nc1cncc(Cl)c1)C(=O)N1[C@H]2CC[C@@H]([C@@H]1C(=O)N[C@H](C#N)C[C@H]1CCCNC1=O)C(F)(F)C2. The Balaban J connectivity index is 1.52. The molecule has 1 aliphatic carbocycles. The number of hydrogen-bond acceptors (Lipinski definition) is 6. The average molecular weight is 523 g/mol. The van der Waals surface area contributed by atoms with Gasteiger partial charge in [0.1, 0.15) is 18.1 Å². The molecule has 0 unspecified atom stereocenters. The summed E-state index contributed by atoms with van der Waals surface area (Å²) in [7, 11) is 0. The average Bonchev–Trinajstić information content (AvgIpc) is 2.83. The number of piperidine rings is 3. The van der Waals surface area contributed by atoms with Gasteiger partial charge in [0, 0.05) is 31.1 Å². The maximum Gasteiger partial charge on any atom is 0.255 e. The third-order valence-electron chi connectivity index (χ3n) is 7.31. The second-order valence-electron chi connectivity index (χ2n) is 9.81. The summed E-state index contributed by atoms with van der Waals surface area (Å²) in [6.45, 7) is 2.14. The minimum absolute atomic E-state index is 0.0823. The zero-order valence-electron chi connectivity index (χ0n) is 19.8. The molecule has 4 heterocycles. The van der Waals surface area contributed by atoms with Crippen molar-refractivity contribution < 1.29 is 23.2 Å². The van der Waals surface area contributed by atoms with E-state index in [4.69, 9.17) is 11.6 Å². The van der Waals surface area contributed by atoms with Crippen molar-refractivity contribution in [2.75, 3.05) is 11.9 Å². The van der Waals surface area contributed by atoms with E-state index in [1.54, 1.807) is 13.0 Å². The molecule has 6 atom stereocenters. The summed E-state index contributed by atoms with van der Waals surface area (Å²) in [6, 6.07) is -0.547. The van der Waals surface area contributed by atoms with E-state index in [2.05, 4.69) is 20.9 Å². The first-order chi connectivity index (χ1) is 17.1. The first-order valence-electron chi connectivity index (χ1n) is 12.2. The normalized spacial score (nSPS) is 28.4. The molecule has 36 heavy (non-hydrogen) atoms. The Kier molecular flexibility index (Phi) is 7.64. The second kappa shape index (κ2) is 10.5. The number of carbonyl (C=O) groups excluding carboxylic acids is 3. The Bertz CT molecular complexity index is 1070. The van der Waals surface area contributed by atoms with Crippen molar-refractivity contribution in [2.45, 2.75) is 75.5 Å². The number of aromatic nitrogens is 1. The number of carbonyl (C=O) groups is 3. The number of amides is 3. The number of halogens is 3. The lowest BCUT2D eigenvalue weighted by molar-refractivity contribution is -0.194. The third kappa shape index (κ3) is 5.38.